The third kappa shape index (κ3) is 5.67. The summed E-state index contributed by atoms with van der Waals surface area (Å²) in [6.45, 7) is 13.7. The van der Waals surface area contributed by atoms with E-state index in [4.69, 9.17) is 15.0 Å². The smallest absolute Gasteiger partial charge is 0.164 e. The zero-order valence-corrected chi connectivity index (χ0v) is 30.3. The highest BCUT2D eigenvalue weighted by atomic mass is 15.0. The normalized spacial score (nSPS) is 13.5. The molecule has 51 heavy (non-hydrogen) atoms. The number of fused-ring (bicyclic) bond motifs is 3. The van der Waals surface area contributed by atoms with Crippen LogP contribution in [-0.2, 0) is 16.2 Å². The van der Waals surface area contributed by atoms with Gasteiger partial charge in [-0.15, -0.1) is 0 Å². The maximum absolute atomic E-state index is 5.12. The van der Waals surface area contributed by atoms with Crippen LogP contribution >= 0.6 is 0 Å². The van der Waals surface area contributed by atoms with Crippen LogP contribution in [0, 0.1) is 0 Å². The molecule has 3 nitrogen and oxygen atoms in total. The SMILES string of the molecule is CC(C)(C)c1ccc(C2(c3ccc(C(C)(C)C)cc3)c3ccccc3-c3ccc(-c4nc(-c5ccccc5)nc(-c5ccccc5)n4)cc32)cc1. The Kier molecular flexibility index (Phi) is 7.83. The summed E-state index contributed by atoms with van der Waals surface area (Å²) in [6.07, 6.45) is 0. The molecule has 0 saturated carbocycles. The van der Waals surface area contributed by atoms with E-state index < -0.39 is 5.41 Å². The predicted molar refractivity (Wildman–Crippen MR) is 211 cm³/mol. The minimum absolute atomic E-state index is 0.0459. The summed E-state index contributed by atoms with van der Waals surface area (Å²) in [4.78, 5) is 15.2. The second-order valence-electron chi connectivity index (χ2n) is 15.7. The van der Waals surface area contributed by atoms with E-state index in [0.717, 1.165) is 16.7 Å². The molecule has 0 atom stereocenters. The Bertz CT molecular complexity index is 2230. The summed E-state index contributed by atoms with van der Waals surface area (Å²) >= 11 is 0. The fraction of sp³-hybridized carbons (Fsp3) is 0.188. The van der Waals surface area contributed by atoms with Crippen LogP contribution < -0.4 is 0 Å². The van der Waals surface area contributed by atoms with Crippen LogP contribution in [0.1, 0.15) is 74.9 Å². The van der Waals surface area contributed by atoms with Crippen molar-refractivity contribution in [2.45, 2.75) is 57.8 Å². The highest BCUT2D eigenvalue weighted by Crippen LogP contribution is 2.57. The molecule has 0 N–H and O–H groups in total. The average molecular weight is 662 g/mol. The van der Waals surface area contributed by atoms with Crippen molar-refractivity contribution in [3.63, 3.8) is 0 Å². The standard InChI is InChI=1S/C48H43N3/c1-46(2,3)35-22-26-37(27-23-35)48(38-28-24-36(25-29-38)47(4,5)6)41-20-14-13-19-39(41)40-30-21-34(31-42(40)48)45-50-43(32-15-9-7-10-16-32)49-44(51-45)33-17-11-8-12-18-33/h7-31H,1-6H3. The molecule has 0 amide bonds. The molecule has 1 heterocycles. The Morgan fingerprint density at radius 1 is 0.373 bits per heavy atom. The van der Waals surface area contributed by atoms with Crippen LogP contribution in [0.3, 0.4) is 0 Å². The van der Waals surface area contributed by atoms with Crippen molar-refractivity contribution < 1.29 is 0 Å². The highest BCUT2D eigenvalue weighted by Gasteiger charge is 2.46. The van der Waals surface area contributed by atoms with Gasteiger partial charge in [0.15, 0.2) is 17.5 Å². The summed E-state index contributed by atoms with van der Waals surface area (Å²) in [6, 6.07) is 54.7. The van der Waals surface area contributed by atoms with Gasteiger partial charge >= 0.3 is 0 Å². The summed E-state index contributed by atoms with van der Waals surface area (Å²) in [5.41, 5.74) is 12.5. The van der Waals surface area contributed by atoms with Crippen molar-refractivity contribution in [2.75, 3.05) is 0 Å². The molecule has 0 aliphatic heterocycles. The largest absolute Gasteiger partial charge is 0.208 e. The molecule has 250 valence electrons. The van der Waals surface area contributed by atoms with Gasteiger partial charge in [-0.2, -0.15) is 0 Å². The number of rotatable bonds is 5. The minimum Gasteiger partial charge on any atom is -0.208 e. The second-order valence-corrected chi connectivity index (χ2v) is 15.7. The Hall–Kier alpha value is -5.67. The quantitative estimate of drug-likeness (QED) is 0.184. The van der Waals surface area contributed by atoms with Gasteiger partial charge in [-0.25, -0.2) is 15.0 Å². The molecule has 8 rings (SSSR count). The molecule has 0 saturated heterocycles. The zero-order valence-electron chi connectivity index (χ0n) is 30.3. The Labute approximate surface area is 302 Å². The first kappa shape index (κ1) is 32.5. The number of hydrogen-bond acceptors (Lipinski definition) is 3. The first-order chi connectivity index (χ1) is 24.5. The van der Waals surface area contributed by atoms with Gasteiger partial charge in [0.25, 0.3) is 0 Å². The average Bonchev–Trinajstić information content (AvgIpc) is 3.45. The minimum atomic E-state index is -0.549. The number of nitrogens with zero attached hydrogens (tertiary/aromatic N) is 3. The lowest BCUT2D eigenvalue weighted by molar-refractivity contribution is 0.588. The van der Waals surface area contributed by atoms with E-state index in [-0.39, 0.29) is 10.8 Å². The molecule has 0 spiro atoms. The molecule has 1 aromatic heterocycles. The number of hydrogen-bond donors (Lipinski definition) is 0. The molecule has 6 aromatic carbocycles. The van der Waals surface area contributed by atoms with Crippen molar-refractivity contribution in [3.05, 3.63) is 185 Å². The third-order valence-electron chi connectivity index (χ3n) is 10.4. The molecular weight excluding hydrogens is 619 g/mol. The lowest BCUT2D eigenvalue weighted by Crippen LogP contribution is -2.29. The first-order valence-electron chi connectivity index (χ1n) is 17.9. The molecule has 0 unspecified atom stereocenters. The molecular formula is C48H43N3. The fourth-order valence-corrected chi connectivity index (χ4v) is 7.59. The first-order valence-corrected chi connectivity index (χ1v) is 17.9. The maximum Gasteiger partial charge on any atom is 0.164 e. The Morgan fingerprint density at radius 2 is 0.784 bits per heavy atom. The summed E-state index contributed by atoms with van der Waals surface area (Å²) < 4.78 is 0. The second kappa shape index (κ2) is 12.3. The van der Waals surface area contributed by atoms with E-state index >= 15 is 0 Å². The van der Waals surface area contributed by atoms with Crippen LogP contribution in [0.4, 0.5) is 0 Å². The van der Waals surface area contributed by atoms with Gasteiger partial charge < -0.3 is 0 Å². The van der Waals surface area contributed by atoms with Gasteiger partial charge in [-0.3, -0.25) is 0 Å². The van der Waals surface area contributed by atoms with Crippen molar-refractivity contribution in [2.24, 2.45) is 0 Å². The topological polar surface area (TPSA) is 38.7 Å². The highest BCUT2D eigenvalue weighted by molar-refractivity contribution is 5.88. The van der Waals surface area contributed by atoms with E-state index in [9.17, 15) is 0 Å². The summed E-state index contributed by atoms with van der Waals surface area (Å²) in [7, 11) is 0. The van der Waals surface area contributed by atoms with Crippen LogP contribution in [-0.4, -0.2) is 15.0 Å². The van der Waals surface area contributed by atoms with Gasteiger partial charge in [0.05, 0.1) is 5.41 Å². The lowest BCUT2D eigenvalue weighted by atomic mass is 9.66. The lowest BCUT2D eigenvalue weighted by Gasteiger charge is -2.35. The van der Waals surface area contributed by atoms with Crippen LogP contribution in [0.25, 0.3) is 45.3 Å². The maximum atomic E-state index is 5.12. The van der Waals surface area contributed by atoms with E-state index in [1.807, 2.05) is 36.4 Å². The molecule has 0 fully saturated rings. The van der Waals surface area contributed by atoms with Gasteiger partial charge in [0.2, 0.25) is 0 Å². The van der Waals surface area contributed by atoms with Crippen LogP contribution in [0.15, 0.2) is 152 Å². The Morgan fingerprint density at radius 3 is 1.25 bits per heavy atom. The van der Waals surface area contributed by atoms with Gasteiger partial charge in [-0.1, -0.05) is 187 Å². The van der Waals surface area contributed by atoms with Gasteiger partial charge in [0, 0.05) is 16.7 Å². The van der Waals surface area contributed by atoms with Gasteiger partial charge in [-0.05, 0) is 61.4 Å². The molecule has 0 radical (unpaired) electrons. The van der Waals surface area contributed by atoms with E-state index in [1.165, 1.54) is 44.5 Å². The van der Waals surface area contributed by atoms with E-state index in [0.29, 0.717) is 17.5 Å². The number of benzene rings is 6. The number of aromatic nitrogens is 3. The van der Waals surface area contributed by atoms with Crippen LogP contribution in [0.5, 0.6) is 0 Å². The molecule has 1 aliphatic rings. The monoisotopic (exact) mass is 661 g/mol. The van der Waals surface area contributed by atoms with Crippen LogP contribution in [0.2, 0.25) is 0 Å². The third-order valence-corrected chi connectivity index (χ3v) is 10.4. The van der Waals surface area contributed by atoms with E-state index in [1.54, 1.807) is 0 Å². The van der Waals surface area contributed by atoms with Crippen molar-refractivity contribution in [1.29, 1.82) is 0 Å². The molecule has 1 aliphatic carbocycles. The van der Waals surface area contributed by atoms with E-state index in [2.05, 4.69) is 157 Å². The van der Waals surface area contributed by atoms with Gasteiger partial charge in [0.1, 0.15) is 0 Å². The summed E-state index contributed by atoms with van der Waals surface area (Å²) in [5.74, 6) is 1.97. The summed E-state index contributed by atoms with van der Waals surface area (Å²) in [5, 5.41) is 0. The van der Waals surface area contributed by atoms with Crippen molar-refractivity contribution in [1.82, 2.24) is 15.0 Å². The Balaban J connectivity index is 1.40. The van der Waals surface area contributed by atoms with Crippen molar-refractivity contribution >= 4 is 0 Å². The zero-order chi connectivity index (χ0) is 35.4. The fourth-order valence-electron chi connectivity index (χ4n) is 7.59. The predicted octanol–water partition coefficient (Wildman–Crippen LogP) is 11.8. The molecule has 7 aromatic rings. The van der Waals surface area contributed by atoms with Crippen molar-refractivity contribution in [3.8, 4) is 45.3 Å². The molecule has 3 heteroatoms. The molecule has 0 bridgehead atoms.